The number of carbonyl (C=O) groups is 2. The highest BCUT2D eigenvalue weighted by atomic mass is 31.2. The molecule has 0 radical (unpaired) electrons. The molecule has 0 saturated heterocycles. The van der Waals surface area contributed by atoms with Crippen LogP contribution in [0.2, 0.25) is 0 Å². The van der Waals surface area contributed by atoms with Gasteiger partial charge in [-0.3, -0.25) is 9.59 Å². The molecule has 0 spiro atoms. The summed E-state index contributed by atoms with van der Waals surface area (Å²) in [4.78, 5) is 26.9. The van der Waals surface area contributed by atoms with Crippen LogP contribution in [0, 0.1) is 0 Å². The molecule has 30 heavy (non-hydrogen) atoms. The van der Waals surface area contributed by atoms with Gasteiger partial charge in [0.1, 0.15) is 0 Å². The smallest absolute Gasteiger partial charge is 0.230 e. The molecule has 0 fully saturated rings. The summed E-state index contributed by atoms with van der Waals surface area (Å²) in [6, 6.07) is 32.8. The molecule has 146 valence electrons. The van der Waals surface area contributed by atoms with E-state index in [0.717, 1.165) is 0 Å². The van der Waals surface area contributed by atoms with Crippen molar-refractivity contribution in [2.24, 2.45) is 0 Å². The SMILES string of the molecule is O=C(c1ccccc1)c1ccccc1P(=O)(C(=O)c1ccccc1)c1ccccc1. The van der Waals surface area contributed by atoms with Crippen LogP contribution in [0.25, 0.3) is 0 Å². The highest BCUT2D eigenvalue weighted by Gasteiger charge is 2.39. The molecular weight excluding hydrogens is 391 g/mol. The molecular formula is C26H19O3P. The molecule has 0 N–H and O–H groups in total. The minimum atomic E-state index is -3.81. The lowest BCUT2D eigenvalue weighted by molar-refractivity contribution is 0.103. The maximum absolute atomic E-state index is 14.6. The Morgan fingerprint density at radius 3 is 1.60 bits per heavy atom. The van der Waals surface area contributed by atoms with Crippen LogP contribution >= 0.6 is 7.14 Å². The first-order chi connectivity index (χ1) is 14.6. The summed E-state index contributed by atoms with van der Waals surface area (Å²) in [5.74, 6) is -0.261. The number of rotatable bonds is 6. The Labute approximate surface area is 175 Å². The van der Waals surface area contributed by atoms with Gasteiger partial charge in [-0.15, -0.1) is 0 Å². The number of benzene rings is 4. The molecule has 0 heterocycles. The maximum Gasteiger partial charge on any atom is 0.230 e. The minimum absolute atomic E-state index is 0.261. The normalized spacial score (nSPS) is 12.7. The van der Waals surface area contributed by atoms with E-state index >= 15 is 0 Å². The molecule has 0 aliphatic rings. The first-order valence-electron chi connectivity index (χ1n) is 9.57. The minimum Gasteiger partial charge on any atom is -0.305 e. The van der Waals surface area contributed by atoms with Gasteiger partial charge in [-0.1, -0.05) is 109 Å². The number of ketones is 1. The first-order valence-corrected chi connectivity index (χ1v) is 11.3. The van der Waals surface area contributed by atoms with E-state index in [1.54, 1.807) is 103 Å². The molecule has 0 aliphatic carbocycles. The first kappa shape index (κ1) is 19.8. The third-order valence-electron chi connectivity index (χ3n) is 4.95. The molecule has 0 bridgehead atoms. The summed E-state index contributed by atoms with van der Waals surface area (Å²) in [7, 11) is -3.81. The fourth-order valence-corrected chi connectivity index (χ4v) is 6.10. The number of hydrogen-bond donors (Lipinski definition) is 0. The Balaban J connectivity index is 1.95. The second kappa shape index (κ2) is 8.44. The van der Waals surface area contributed by atoms with E-state index in [0.29, 0.717) is 16.4 Å². The van der Waals surface area contributed by atoms with Crippen LogP contribution in [0.5, 0.6) is 0 Å². The Hall–Kier alpha value is -3.55. The van der Waals surface area contributed by atoms with E-state index in [4.69, 9.17) is 0 Å². The van der Waals surface area contributed by atoms with Crippen molar-refractivity contribution in [3.8, 4) is 0 Å². The lowest BCUT2D eigenvalue weighted by Crippen LogP contribution is -2.27. The van der Waals surface area contributed by atoms with Crippen LogP contribution in [0.3, 0.4) is 0 Å². The molecule has 4 heteroatoms. The second-order valence-electron chi connectivity index (χ2n) is 6.83. The summed E-state index contributed by atoms with van der Waals surface area (Å²) >= 11 is 0. The zero-order chi connectivity index (χ0) is 21.0. The van der Waals surface area contributed by atoms with Gasteiger partial charge in [-0.25, -0.2) is 0 Å². The topological polar surface area (TPSA) is 51.2 Å². The zero-order valence-electron chi connectivity index (χ0n) is 16.1. The zero-order valence-corrected chi connectivity index (χ0v) is 17.0. The van der Waals surface area contributed by atoms with Gasteiger partial charge in [0.05, 0.1) is 0 Å². The maximum atomic E-state index is 14.6. The fourth-order valence-electron chi connectivity index (χ4n) is 3.45. The van der Waals surface area contributed by atoms with E-state index in [9.17, 15) is 14.2 Å². The molecule has 1 atom stereocenters. The largest absolute Gasteiger partial charge is 0.305 e. The van der Waals surface area contributed by atoms with Crippen LogP contribution in [0.1, 0.15) is 26.3 Å². The van der Waals surface area contributed by atoms with E-state index in [-0.39, 0.29) is 16.7 Å². The molecule has 0 aliphatic heterocycles. The molecule has 4 rings (SSSR count). The third kappa shape index (κ3) is 3.56. The van der Waals surface area contributed by atoms with Crippen molar-refractivity contribution in [1.82, 2.24) is 0 Å². The van der Waals surface area contributed by atoms with Crippen molar-refractivity contribution >= 4 is 29.1 Å². The van der Waals surface area contributed by atoms with Gasteiger partial charge < -0.3 is 4.57 Å². The molecule has 0 aromatic heterocycles. The van der Waals surface area contributed by atoms with Crippen LogP contribution in [-0.2, 0) is 4.57 Å². The summed E-state index contributed by atoms with van der Waals surface area (Å²) in [6.45, 7) is 0. The molecule has 0 amide bonds. The van der Waals surface area contributed by atoms with Crippen LogP contribution in [0.15, 0.2) is 115 Å². The molecule has 0 saturated carbocycles. The van der Waals surface area contributed by atoms with Crippen molar-refractivity contribution in [2.75, 3.05) is 0 Å². The van der Waals surface area contributed by atoms with Crippen molar-refractivity contribution in [3.63, 3.8) is 0 Å². The highest BCUT2D eigenvalue weighted by Crippen LogP contribution is 2.47. The number of hydrogen-bond acceptors (Lipinski definition) is 3. The molecule has 4 aromatic rings. The van der Waals surface area contributed by atoms with Gasteiger partial charge in [0, 0.05) is 27.3 Å². The van der Waals surface area contributed by atoms with E-state index in [1.807, 2.05) is 12.1 Å². The standard InChI is InChI=1S/C26H19O3P/c27-25(20-12-4-1-5-13-20)23-18-10-11-19-24(23)30(29,22-16-8-3-9-17-22)26(28)21-14-6-2-7-15-21/h1-19H. The summed E-state index contributed by atoms with van der Waals surface area (Å²) < 4.78 is 14.6. The van der Waals surface area contributed by atoms with Crippen molar-refractivity contribution in [2.45, 2.75) is 0 Å². The predicted octanol–water partition coefficient (Wildman–Crippen LogP) is 5.07. The molecule has 1 unspecified atom stereocenters. The highest BCUT2D eigenvalue weighted by molar-refractivity contribution is 7.93. The van der Waals surface area contributed by atoms with Crippen LogP contribution < -0.4 is 10.6 Å². The average Bonchev–Trinajstić information content (AvgIpc) is 2.84. The molecule has 3 nitrogen and oxygen atoms in total. The van der Waals surface area contributed by atoms with Crippen molar-refractivity contribution < 1.29 is 14.2 Å². The predicted molar refractivity (Wildman–Crippen MR) is 120 cm³/mol. The average molecular weight is 410 g/mol. The quantitative estimate of drug-likeness (QED) is 0.329. The second-order valence-corrected chi connectivity index (χ2v) is 9.45. The van der Waals surface area contributed by atoms with E-state index in [1.165, 1.54) is 0 Å². The Bertz CT molecular complexity index is 1230. The third-order valence-corrected chi connectivity index (χ3v) is 7.87. The van der Waals surface area contributed by atoms with Crippen LogP contribution in [0.4, 0.5) is 0 Å². The summed E-state index contributed by atoms with van der Waals surface area (Å²) in [6.07, 6.45) is 0. The van der Waals surface area contributed by atoms with Crippen molar-refractivity contribution in [3.05, 3.63) is 132 Å². The Kier molecular flexibility index (Phi) is 5.56. The van der Waals surface area contributed by atoms with Crippen molar-refractivity contribution in [1.29, 1.82) is 0 Å². The monoisotopic (exact) mass is 410 g/mol. The lowest BCUT2D eigenvalue weighted by atomic mass is 10.0. The fraction of sp³-hybridized carbons (Fsp3) is 0. The summed E-state index contributed by atoms with van der Waals surface area (Å²) in [5, 5.41) is 0.672. The van der Waals surface area contributed by atoms with E-state index in [2.05, 4.69) is 0 Å². The van der Waals surface area contributed by atoms with Gasteiger partial charge >= 0.3 is 0 Å². The van der Waals surface area contributed by atoms with Gasteiger partial charge in [0.15, 0.2) is 5.78 Å². The van der Waals surface area contributed by atoms with E-state index < -0.39 is 12.7 Å². The number of carbonyl (C=O) groups excluding carboxylic acids is 2. The molecule has 4 aromatic carbocycles. The van der Waals surface area contributed by atoms with Gasteiger partial charge in [0.2, 0.25) is 12.7 Å². The Morgan fingerprint density at radius 1 is 0.533 bits per heavy atom. The van der Waals surface area contributed by atoms with Crippen LogP contribution in [-0.4, -0.2) is 11.3 Å². The van der Waals surface area contributed by atoms with Gasteiger partial charge in [-0.2, -0.15) is 0 Å². The van der Waals surface area contributed by atoms with Gasteiger partial charge in [-0.05, 0) is 6.07 Å². The summed E-state index contributed by atoms with van der Waals surface area (Å²) in [5.41, 5.74) is 0.631. The lowest BCUT2D eigenvalue weighted by Gasteiger charge is -2.20. The Morgan fingerprint density at radius 2 is 1.00 bits per heavy atom. The van der Waals surface area contributed by atoms with Gasteiger partial charge in [0.25, 0.3) is 0 Å².